The molecule has 0 aromatic rings. The zero-order valence-corrected chi connectivity index (χ0v) is 11.0. The summed E-state index contributed by atoms with van der Waals surface area (Å²) in [5.41, 5.74) is 5.04. The maximum Gasteiger partial charge on any atom is 0.226 e. The molecule has 0 aliphatic heterocycles. The molecular weight excluding hydrogens is 204 g/mol. The summed E-state index contributed by atoms with van der Waals surface area (Å²) in [4.78, 5) is 11.8. The standard InChI is InChI=1S/C12H26N2O2/c1-11(2,6-5-7-15)9-14-10(16)12(3,4)8-13/h15H,5-9,13H2,1-4H3,(H,14,16). The van der Waals surface area contributed by atoms with E-state index in [4.69, 9.17) is 10.8 Å². The highest BCUT2D eigenvalue weighted by Gasteiger charge is 2.27. The average Bonchev–Trinajstić information content (AvgIpc) is 2.23. The van der Waals surface area contributed by atoms with Crippen molar-refractivity contribution in [3.63, 3.8) is 0 Å². The van der Waals surface area contributed by atoms with E-state index in [0.717, 1.165) is 12.8 Å². The molecule has 0 saturated heterocycles. The maximum absolute atomic E-state index is 11.8. The smallest absolute Gasteiger partial charge is 0.226 e. The highest BCUT2D eigenvalue weighted by molar-refractivity contribution is 5.82. The van der Waals surface area contributed by atoms with Crippen LogP contribution in [0.5, 0.6) is 0 Å². The molecule has 0 aliphatic rings. The van der Waals surface area contributed by atoms with E-state index in [0.29, 0.717) is 13.1 Å². The van der Waals surface area contributed by atoms with Crippen LogP contribution in [0.15, 0.2) is 0 Å². The van der Waals surface area contributed by atoms with Crippen molar-refractivity contribution in [1.29, 1.82) is 0 Å². The molecule has 4 heteroatoms. The molecule has 0 atom stereocenters. The number of aliphatic hydroxyl groups excluding tert-OH is 1. The van der Waals surface area contributed by atoms with Crippen molar-refractivity contribution in [1.82, 2.24) is 5.32 Å². The highest BCUT2D eigenvalue weighted by Crippen LogP contribution is 2.21. The molecule has 0 unspecified atom stereocenters. The topological polar surface area (TPSA) is 75.3 Å². The van der Waals surface area contributed by atoms with Gasteiger partial charge in [0.05, 0.1) is 5.41 Å². The van der Waals surface area contributed by atoms with Crippen LogP contribution < -0.4 is 11.1 Å². The lowest BCUT2D eigenvalue weighted by Gasteiger charge is -2.28. The fourth-order valence-corrected chi connectivity index (χ4v) is 1.30. The molecule has 0 fully saturated rings. The van der Waals surface area contributed by atoms with Gasteiger partial charge in [-0.15, -0.1) is 0 Å². The van der Waals surface area contributed by atoms with E-state index in [-0.39, 0.29) is 17.9 Å². The molecule has 4 N–H and O–H groups in total. The molecule has 0 radical (unpaired) electrons. The monoisotopic (exact) mass is 230 g/mol. The summed E-state index contributed by atoms with van der Waals surface area (Å²) in [6.45, 7) is 9.00. The third-order valence-electron chi connectivity index (χ3n) is 2.86. The number of amides is 1. The molecule has 0 aromatic heterocycles. The van der Waals surface area contributed by atoms with Crippen molar-refractivity contribution in [3.05, 3.63) is 0 Å². The van der Waals surface area contributed by atoms with Gasteiger partial charge in [0.2, 0.25) is 5.91 Å². The second-order valence-corrected chi connectivity index (χ2v) is 5.76. The van der Waals surface area contributed by atoms with Crippen LogP contribution in [0.25, 0.3) is 0 Å². The Bertz CT molecular complexity index is 225. The van der Waals surface area contributed by atoms with Gasteiger partial charge in [-0.25, -0.2) is 0 Å². The van der Waals surface area contributed by atoms with Crippen molar-refractivity contribution < 1.29 is 9.90 Å². The Morgan fingerprint density at radius 1 is 1.31 bits per heavy atom. The Labute approximate surface area is 98.6 Å². The van der Waals surface area contributed by atoms with Crippen LogP contribution in [-0.2, 0) is 4.79 Å². The SMILES string of the molecule is CC(C)(CCCO)CNC(=O)C(C)(C)CN. The summed E-state index contributed by atoms with van der Waals surface area (Å²) in [5, 5.41) is 11.7. The van der Waals surface area contributed by atoms with Crippen LogP contribution in [0.2, 0.25) is 0 Å². The Hall–Kier alpha value is -0.610. The zero-order valence-electron chi connectivity index (χ0n) is 11.0. The van der Waals surface area contributed by atoms with Gasteiger partial charge in [0.15, 0.2) is 0 Å². The van der Waals surface area contributed by atoms with Crippen LogP contribution in [0.1, 0.15) is 40.5 Å². The van der Waals surface area contributed by atoms with Gasteiger partial charge >= 0.3 is 0 Å². The molecule has 0 aromatic carbocycles. The van der Waals surface area contributed by atoms with Gasteiger partial charge in [-0.2, -0.15) is 0 Å². The highest BCUT2D eigenvalue weighted by atomic mass is 16.2. The van der Waals surface area contributed by atoms with Gasteiger partial charge in [0, 0.05) is 19.7 Å². The summed E-state index contributed by atoms with van der Waals surface area (Å²) in [6.07, 6.45) is 1.66. The minimum absolute atomic E-state index is 0.00734. The van der Waals surface area contributed by atoms with E-state index in [2.05, 4.69) is 19.2 Å². The van der Waals surface area contributed by atoms with Crippen molar-refractivity contribution in [2.45, 2.75) is 40.5 Å². The molecule has 0 aliphatic carbocycles. The molecule has 16 heavy (non-hydrogen) atoms. The first-order valence-corrected chi connectivity index (χ1v) is 5.84. The van der Waals surface area contributed by atoms with E-state index in [9.17, 15) is 4.79 Å². The van der Waals surface area contributed by atoms with Crippen LogP contribution in [-0.4, -0.2) is 30.7 Å². The second-order valence-electron chi connectivity index (χ2n) is 5.76. The van der Waals surface area contributed by atoms with Crippen molar-refractivity contribution in [2.75, 3.05) is 19.7 Å². The van der Waals surface area contributed by atoms with Crippen LogP contribution >= 0.6 is 0 Å². The molecule has 96 valence electrons. The van der Waals surface area contributed by atoms with Crippen LogP contribution in [0.3, 0.4) is 0 Å². The lowest BCUT2D eigenvalue weighted by molar-refractivity contribution is -0.129. The van der Waals surface area contributed by atoms with E-state index >= 15 is 0 Å². The molecule has 0 heterocycles. The Kier molecular flexibility index (Phi) is 5.97. The average molecular weight is 230 g/mol. The third-order valence-corrected chi connectivity index (χ3v) is 2.86. The van der Waals surface area contributed by atoms with Gasteiger partial charge in [-0.1, -0.05) is 13.8 Å². The van der Waals surface area contributed by atoms with Crippen molar-refractivity contribution in [3.8, 4) is 0 Å². The summed E-state index contributed by atoms with van der Waals surface area (Å²) in [7, 11) is 0. The van der Waals surface area contributed by atoms with Gasteiger partial charge in [0.1, 0.15) is 0 Å². The van der Waals surface area contributed by atoms with Crippen molar-refractivity contribution >= 4 is 5.91 Å². The summed E-state index contributed by atoms with van der Waals surface area (Å²) < 4.78 is 0. The number of hydrogen-bond donors (Lipinski definition) is 3. The molecule has 0 bridgehead atoms. The fourth-order valence-electron chi connectivity index (χ4n) is 1.30. The predicted molar refractivity (Wildman–Crippen MR) is 65.9 cm³/mol. The van der Waals surface area contributed by atoms with Crippen LogP contribution in [0.4, 0.5) is 0 Å². The Balaban J connectivity index is 4.09. The van der Waals surface area contributed by atoms with E-state index in [1.54, 1.807) is 0 Å². The largest absolute Gasteiger partial charge is 0.396 e. The van der Waals surface area contributed by atoms with Crippen molar-refractivity contribution in [2.24, 2.45) is 16.6 Å². The van der Waals surface area contributed by atoms with Gasteiger partial charge < -0.3 is 16.2 Å². The van der Waals surface area contributed by atoms with Gasteiger partial charge in [0.25, 0.3) is 0 Å². The molecule has 0 saturated carbocycles. The summed E-state index contributed by atoms with van der Waals surface area (Å²) >= 11 is 0. The predicted octanol–water partition coefficient (Wildman–Crippen LogP) is 0.886. The lowest BCUT2D eigenvalue weighted by atomic mass is 9.86. The zero-order chi connectivity index (χ0) is 12.8. The lowest BCUT2D eigenvalue weighted by Crippen LogP contribution is -2.44. The third kappa shape index (κ3) is 5.47. The molecule has 4 nitrogen and oxygen atoms in total. The molecular formula is C12H26N2O2. The quantitative estimate of drug-likeness (QED) is 0.608. The fraction of sp³-hybridized carbons (Fsp3) is 0.917. The minimum atomic E-state index is -0.507. The number of nitrogens with two attached hydrogens (primary N) is 1. The number of aliphatic hydroxyl groups is 1. The van der Waals surface area contributed by atoms with E-state index < -0.39 is 5.41 Å². The summed E-state index contributed by atoms with van der Waals surface area (Å²) in [6, 6.07) is 0. The number of carbonyl (C=O) groups is 1. The van der Waals surface area contributed by atoms with E-state index in [1.807, 2.05) is 13.8 Å². The number of hydrogen-bond acceptors (Lipinski definition) is 3. The number of rotatable bonds is 7. The molecule has 0 rings (SSSR count). The minimum Gasteiger partial charge on any atom is -0.396 e. The van der Waals surface area contributed by atoms with Gasteiger partial charge in [-0.3, -0.25) is 4.79 Å². The first-order valence-electron chi connectivity index (χ1n) is 5.84. The van der Waals surface area contributed by atoms with Crippen LogP contribution in [0, 0.1) is 10.8 Å². The molecule has 0 spiro atoms. The Morgan fingerprint density at radius 3 is 2.31 bits per heavy atom. The number of nitrogens with one attached hydrogen (secondary N) is 1. The first kappa shape index (κ1) is 15.4. The number of carbonyl (C=O) groups excluding carboxylic acids is 1. The Morgan fingerprint density at radius 2 is 1.88 bits per heavy atom. The van der Waals surface area contributed by atoms with E-state index in [1.165, 1.54) is 0 Å². The maximum atomic E-state index is 11.8. The van der Waals surface area contributed by atoms with Gasteiger partial charge in [-0.05, 0) is 32.1 Å². The molecule has 1 amide bonds. The first-order chi connectivity index (χ1) is 7.25. The summed E-state index contributed by atoms with van der Waals surface area (Å²) in [5.74, 6) is -0.00734. The second kappa shape index (κ2) is 6.21. The normalized spacial score (nSPS) is 12.6.